The molecule has 1 amide bonds. The Morgan fingerprint density at radius 2 is 1.94 bits per heavy atom. The van der Waals surface area contributed by atoms with E-state index >= 15 is 0 Å². The Balaban J connectivity index is 1.97. The Labute approximate surface area is 110 Å². The van der Waals surface area contributed by atoms with Crippen molar-refractivity contribution in [2.45, 2.75) is 57.6 Å². The van der Waals surface area contributed by atoms with E-state index < -0.39 is 0 Å². The summed E-state index contributed by atoms with van der Waals surface area (Å²) < 4.78 is 0. The molecule has 0 aromatic rings. The van der Waals surface area contributed by atoms with Gasteiger partial charge in [0, 0.05) is 19.1 Å². The second kappa shape index (κ2) is 6.02. The van der Waals surface area contributed by atoms with Crippen LogP contribution in [-0.4, -0.2) is 41.1 Å². The van der Waals surface area contributed by atoms with Crippen molar-refractivity contribution in [3.8, 4) is 0 Å². The van der Waals surface area contributed by atoms with Gasteiger partial charge in [-0.25, -0.2) is 0 Å². The van der Waals surface area contributed by atoms with Crippen molar-refractivity contribution in [3.63, 3.8) is 0 Å². The summed E-state index contributed by atoms with van der Waals surface area (Å²) in [6, 6.07) is 0.0106. The minimum absolute atomic E-state index is 0.0106. The lowest BCUT2D eigenvalue weighted by Crippen LogP contribution is -2.50. The fourth-order valence-electron chi connectivity index (χ4n) is 3.13. The largest absolute Gasteiger partial charge is 0.391 e. The van der Waals surface area contributed by atoms with E-state index in [1.807, 2.05) is 11.8 Å². The molecule has 0 aromatic carbocycles. The number of β-amino-alcohol motifs (C(OH)–C–C–N with tert-alkyl or cyclic N) is 1. The first-order valence-electron chi connectivity index (χ1n) is 7.32. The van der Waals surface area contributed by atoms with Crippen molar-refractivity contribution in [2.24, 2.45) is 17.6 Å². The Morgan fingerprint density at radius 1 is 1.22 bits per heavy atom. The highest BCUT2D eigenvalue weighted by atomic mass is 16.3. The van der Waals surface area contributed by atoms with Crippen LogP contribution in [0.1, 0.15) is 45.4 Å². The summed E-state index contributed by atoms with van der Waals surface area (Å²) in [5, 5.41) is 9.89. The van der Waals surface area contributed by atoms with Crippen LogP contribution in [0, 0.1) is 11.8 Å². The summed E-state index contributed by atoms with van der Waals surface area (Å²) in [5.74, 6) is 0.459. The zero-order valence-corrected chi connectivity index (χ0v) is 11.3. The van der Waals surface area contributed by atoms with Crippen molar-refractivity contribution >= 4 is 5.91 Å². The lowest BCUT2D eigenvalue weighted by molar-refractivity contribution is -0.140. The van der Waals surface area contributed by atoms with Gasteiger partial charge in [0.1, 0.15) is 0 Å². The molecule has 0 radical (unpaired) electrons. The lowest BCUT2D eigenvalue weighted by Gasteiger charge is -2.37. The number of hydrogen-bond donors (Lipinski definition) is 2. The van der Waals surface area contributed by atoms with Crippen molar-refractivity contribution in [1.29, 1.82) is 0 Å². The molecular weight excluding hydrogens is 228 g/mol. The van der Waals surface area contributed by atoms with Crippen molar-refractivity contribution in [3.05, 3.63) is 0 Å². The van der Waals surface area contributed by atoms with Gasteiger partial charge >= 0.3 is 0 Å². The summed E-state index contributed by atoms with van der Waals surface area (Å²) in [5.41, 5.74) is 6.14. The van der Waals surface area contributed by atoms with Gasteiger partial charge in [-0.15, -0.1) is 0 Å². The topological polar surface area (TPSA) is 66.6 Å². The average Bonchev–Trinajstić information content (AvgIpc) is 2.56. The van der Waals surface area contributed by atoms with Gasteiger partial charge < -0.3 is 15.7 Å². The van der Waals surface area contributed by atoms with Crippen molar-refractivity contribution in [1.82, 2.24) is 4.90 Å². The van der Waals surface area contributed by atoms with E-state index in [9.17, 15) is 9.90 Å². The Kier molecular flexibility index (Phi) is 4.62. The third-order valence-electron chi connectivity index (χ3n) is 4.62. The highest BCUT2D eigenvalue weighted by Gasteiger charge is 2.34. The minimum atomic E-state index is -0.371. The van der Waals surface area contributed by atoms with E-state index in [1.54, 1.807) is 0 Å². The van der Waals surface area contributed by atoms with Crippen LogP contribution in [0.25, 0.3) is 0 Å². The average molecular weight is 254 g/mol. The molecule has 18 heavy (non-hydrogen) atoms. The fourth-order valence-corrected chi connectivity index (χ4v) is 3.13. The van der Waals surface area contributed by atoms with E-state index in [0.717, 1.165) is 38.6 Å². The monoisotopic (exact) mass is 254 g/mol. The molecule has 3 N–H and O–H groups in total. The van der Waals surface area contributed by atoms with Crippen LogP contribution in [0.2, 0.25) is 0 Å². The molecule has 1 heterocycles. The van der Waals surface area contributed by atoms with Gasteiger partial charge in [-0.05, 0) is 25.2 Å². The number of carbonyl (C=O) groups excluding carboxylic acids is 1. The molecule has 2 aliphatic rings. The number of rotatable bonds is 1. The molecule has 104 valence electrons. The molecule has 1 saturated heterocycles. The third kappa shape index (κ3) is 3.04. The molecule has 4 unspecified atom stereocenters. The van der Waals surface area contributed by atoms with Crippen LogP contribution in [-0.2, 0) is 4.79 Å². The number of nitrogens with two attached hydrogens (primary N) is 1. The zero-order valence-electron chi connectivity index (χ0n) is 11.3. The number of carbonyl (C=O) groups is 1. The van der Waals surface area contributed by atoms with Gasteiger partial charge in [-0.1, -0.05) is 26.2 Å². The van der Waals surface area contributed by atoms with Crippen LogP contribution in [0.15, 0.2) is 0 Å². The number of amides is 1. The Bertz CT molecular complexity index is 296. The maximum Gasteiger partial charge on any atom is 0.227 e. The third-order valence-corrected chi connectivity index (χ3v) is 4.62. The molecule has 4 heteroatoms. The number of nitrogens with zero attached hydrogens (tertiary/aromatic N) is 1. The summed E-state index contributed by atoms with van der Waals surface area (Å²) in [7, 11) is 0. The predicted molar refractivity (Wildman–Crippen MR) is 70.9 cm³/mol. The standard InChI is InChI=1S/C14H26N2O2/c1-10-7-8-16(9-13(10)17)14(18)11-5-3-2-4-6-12(11)15/h10-13,17H,2-9,15H2,1H3. The first-order chi connectivity index (χ1) is 8.59. The van der Waals surface area contributed by atoms with Gasteiger partial charge in [-0.3, -0.25) is 4.79 Å². The van der Waals surface area contributed by atoms with Crippen LogP contribution in [0.3, 0.4) is 0 Å². The lowest BCUT2D eigenvalue weighted by atomic mass is 9.91. The van der Waals surface area contributed by atoms with Crippen molar-refractivity contribution < 1.29 is 9.90 Å². The molecule has 2 fully saturated rings. The van der Waals surface area contributed by atoms with E-state index in [0.29, 0.717) is 12.5 Å². The summed E-state index contributed by atoms with van der Waals surface area (Å²) in [4.78, 5) is 14.3. The highest BCUT2D eigenvalue weighted by molar-refractivity contribution is 5.79. The fraction of sp³-hybridized carbons (Fsp3) is 0.929. The first kappa shape index (κ1) is 13.8. The van der Waals surface area contributed by atoms with E-state index in [2.05, 4.69) is 0 Å². The zero-order chi connectivity index (χ0) is 13.1. The SMILES string of the molecule is CC1CCN(C(=O)C2CCCCCC2N)CC1O. The quantitative estimate of drug-likeness (QED) is 0.689. The van der Waals surface area contributed by atoms with Gasteiger partial charge in [0.05, 0.1) is 12.0 Å². The van der Waals surface area contributed by atoms with Crippen LogP contribution >= 0.6 is 0 Å². The van der Waals surface area contributed by atoms with Gasteiger partial charge in [0.15, 0.2) is 0 Å². The molecule has 1 aliphatic carbocycles. The summed E-state index contributed by atoms with van der Waals surface area (Å²) >= 11 is 0. The first-order valence-corrected chi connectivity index (χ1v) is 7.32. The molecule has 0 spiro atoms. The molecule has 4 nitrogen and oxygen atoms in total. The Morgan fingerprint density at radius 3 is 2.67 bits per heavy atom. The predicted octanol–water partition coefficient (Wildman–Crippen LogP) is 1.12. The molecule has 0 aromatic heterocycles. The Hall–Kier alpha value is -0.610. The normalized spacial score (nSPS) is 38.3. The number of piperidine rings is 1. The molecular formula is C14H26N2O2. The second-order valence-electron chi connectivity index (χ2n) is 6.03. The second-order valence-corrected chi connectivity index (χ2v) is 6.03. The smallest absolute Gasteiger partial charge is 0.227 e. The molecule has 2 rings (SSSR count). The van der Waals surface area contributed by atoms with E-state index in [4.69, 9.17) is 5.73 Å². The maximum absolute atomic E-state index is 12.5. The molecule has 4 atom stereocenters. The van der Waals surface area contributed by atoms with E-state index in [1.165, 1.54) is 6.42 Å². The molecule has 1 saturated carbocycles. The van der Waals surface area contributed by atoms with Gasteiger partial charge in [0.2, 0.25) is 5.91 Å². The number of aliphatic hydroxyl groups excluding tert-OH is 1. The highest BCUT2D eigenvalue weighted by Crippen LogP contribution is 2.26. The van der Waals surface area contributed by atoms with E-state index in [-0.39, 0.29) is 24.0 Å². The number of likely N-dealkylation sites (tertiary alicyclic amines) is 1. The maximum atomic E-state index is 12.5. The minimum Gasteiger partial charge on any atom is -0.391 e. The summed E-state index contributed by atoms with van der Waals surface area (Å²) in [6.07, 6.45) is 5.85. The van der Waals surface area contributed by atoms with Crippen LogP contribution < -0.4 is 5.73 Å². The molecule has 1 aliphatic heterocycles. The summed E-state index contributed by atoms with van der Waals surface area (Å²) in [6.45, 7) is 3.31. The van der Waals surface area contributed by atoms with Gasteiger partial charge in [-0.2, -0.15) is 0 Å². The molecule has 0 bridgehead atoms. The van der Waals surface area contributed by atoms with Crippen molar-refractivity contribution in [2.75, 3.05) is 13.1 Å². The van der Waals surface area contributed by atoms with Crippen LogP contribution in [0.4, 0.5) is 0 Å². The van der Waals surface area contributed by atoms with Gasteiger partial charge in [0.25, 0.3) is 0 Å². The number of aliphatic hydroxyl groups is 1. The van der Waals surface area contributed by atoms with Crippen LogP contribution in [0.5, 0.6) is 0 Å². The number of hydrogen-bond acceptors (Lipinski definition) is 3.